The summed E-state index contributed by atoms with van der Waals surface area (Å²) in [5.41, 5.74) is 1.37. The van der Waals surface area contributed by atoms with Crippen LogP contribution in [0.4, 0.5) is 0 Å². The molecule has 1 fully saturated rings. The van der Waals surface area contributed by atoms with E-state index in [1.807, 2.05) is 7.05 Å². The maximum Gasteiger partial charge on any atom is 0.0347 e. The number of aromatic nitrogens is 1. The molecular weight excluding hydrogens is 224 g/mol. The van der Waals surface area contributed by atoms with E-state index in [4.69, 9.17) is 0 Å². The Morgan fingerprint density at radius 2 is 1.94 bits per heavy atom. The number of piperazine rings is 1. The first-order chi connectivity index (χ1) is 8.69. The fourth-order valence-electron chi connectivity index (χ4n) is 2.35. The van der Waals surface area contributed by atoms with E-state index in [1.54, 1.807) is 0 Å². The second-order valence-electron chi connectivity index (χ2n) is 5.34. The van der Waals surface area contributed by atoms with Gasteiger partial charge in [-0.2, -0.15) is 0 Å². The van der Waals surface area contributed by atoms with Crippen molar-refractivity contribution in [3.8, 4) is 0 Å². The minimum atomic E-state index is 0.440. The van der Waals surface area contributed by atoms with Gasteiger partial charge in [0.05, 0.1) is 0 Å². The molecule has 0 aromatic carbocycles. The van der Waals surface area contributed by atoms with Crippen molar-refractivity contribution in [1.82, 2.24) is 19.7 Å². The van der Waals surface area contributed by atoms with Crippen LogP contribution in [-0.4, -0.2) is 61.2 Å². The number of likely N-dealkylation sites (N-methyl/N-ethyl adjacent to an activating group) is 1. The standard InChI is InChI=1S/C14H26N4/c1-13(15-2)14-4-5-18(12-14)11-10-17-8-6-16(3)7-9-17/h4-5,12-13,15H,6-11H2,1-3H3. The van der Waals surface area contributed by atoms with E-state index < -0.39 is 0 Å². The maximum atomic E-state index is 3.28. The molecule has 1 aliphatic heterocycles. The SMILES string of the molecule is CNC(C)c1ccn(CCN2CCN(C)CC2)c1. The van der Waals surface area contributed by atoms with E-state index in [1.165, 1.54) is 31.7 Å². The van der Waals surface area contributed by atoms with Crippen LogP contribution in [-0.2, 0) is 6.54 Å². The highest BCUT2D eigenvalue weighted by Gasteiger charge is 2.13. The third-order valence-electron chi connectivity index (χ3n) is 3.98. The Morgan fingerprint density at radius 1 is 1.22 bits per heavy atom. The fourth-order valence-corrected chi connectivity index (χ4v) is 2.35. The van der Waals surface area contributed by atoms with Gasteiger partial charge in [-0.25, -0.2) is 0 Å². The lowest BCUT2D eigenvalue weighted by Gasteiger charge is -2.32. The number of nitrogens with zero attached hydrogens (tertiary/aromatic N) is 3. The monoisotopic (exact) mass is 250 g/mol. The zero-order valence-electron chi connectivity index (χ0n) is 11.9. The molecule has 1 unspecified atom stereocenters. The molecule has 2 heterocycles. The zero-order valence-corrected chi connectivity index (χ0v) is 11.9. The van der Waals surface area contributed by atoms with Crippen LogP contribution in [0.25, 0.3) is 0 Å². The minimum absolute atomic E-state index is 0.440. The molecule has 1 atom stereocenters. The van der Waals surface area contributed by atoms with Crippen LogP contribution in [0.3, 0.4) is 0 Å². The van der Waals surface area contributed by atoms with Gasteiger partial charge >= 0.3 is 0 Å². The molecule has 4 heteroatoms. The van der Waals surface area contributed by atoms with Crippen LogP contribution in [0.1, 0.15) is 18.5 Å². The van der Waals surface area contributed by atoms with Gasteiger partial charge in [0.25, 0.3) is 0 Å². The summed E-state index contributed by atoms with van der Waals surface area (Å²) in [4.78, 5) is 4.96. The first-order valence-electron chi connectivity index (χ1n) is 6.93. The second-order valence-corrected chi connectivity index (χ2v) is 5.34. The summed E-state index contributed by atoms with van der Waals surface area (Å²) < 4.78 is 2.31. The quantitative estimate of drug-likeness (QED) is 0.844. The van der Waals surface area contributed by atoms with Gasteiger partial charge < -0.3 is 14.8 Å². The number of hydrogen-bond acceptors (Lipinski definition) is 3. The van der Waals surface area contributed by atoms with Crippen LogP contribution in [0.5, 0.6) is 0 Å². The summed E-state index contributed by atoms with van der Waals surface area (Å²) in [5.74, 6) is 0. The molecule has 18 heavy (non-hydrogen) atoms. The third-order valence-corrected chi connectivity index (χ3v) is 3.98. The Morgan fingerprint density at radius 3 is 2.61 bits per heavy atom. The highest BCUT2D eigenvalue weighted by atomic mass is 15.2. The number of hydrogen-bond donors (Lipinski definition) is 1. The second kappa shape index (κ2) is 6.36. The Kier molecular flexibility index (Phi) is 4.80. The van der Waals surface area contributed by atoms with Gasteiger partial charge in [0.15, 0.2) is 0 Å². The Labute approximate surface area is 111 Å². The normalized spacial score (nSPS) is 20.2. The van der Waals surface area contributed by atoms with E-state index in [0.29, 0.717) is 6.04 Å². The maximum absolute atomic E-state index is 3.28. The summed E-state index contributed by atoms with van der Waals surface area (Å²) in [5, 5.41) is 3.28. The first kappa shape index (κ1) is 13.6. The highest BCUT2D eigenvalue weighted by Crippen LogP contribution is 2.12. The van der Waals surface area contributed by atoms with Crippen molar-refractivity contribution < 1.29 is 0 Å². The van der Waals surface area contributed by atoms with Crippen molar-refractivity contribution in [2.24, 2.45) is 0 Å². The third kappa shape index (κ3) is 3.57. The van der Waals surface area contributed by atoms with Crippen molar-refractivity contribution >= 4 is 0 Å². The molecule has 0 saturated carbocycles. The molecule has 1 saturated heterocycles. The zero-order chi connectivity index (χ0) is 13.0. The molecule has 1 aliphatic rings. The average molecular weight is 250 g/mol. The number of nitrogens with one attached hydrogen (secondary N) is 1. The van der Waals surface area contributed by atoms with Crippen LogP contribution >= 0.6 is 0 Å². The Balaban J connectivity index is 1.78. The van der Waals surface area contributed by atoms with Gasteiger partial charge in [0.1, 0.15) is 0 Å². The van der Waals surface area contributed by atoms with Gasteiger partial charge in [-0.1, -0.05) is 0 Å². The Bertz CT molecular complexity index is 352. The van der Waals surface area contributed by atoms with Crippen molar-refractivity contribution in [3.05, 3.63) is 24.0 Å². The molecule has 2 rings (SSSR count). The van der Waals surface area contributed by atoms with Crippen molar-refractivity contribution in [1.29, 1.82) is 0 Å². The lowest BCUT2D eigenvalue weighted by atomic mass is 10.2. The average Bonchev–Trinajstić information content (AvgIpc) is 2.86. The van der Waals surface area contributed by atoms with Crippen LogP contribution < -0.4 is 5.32 Å². The van der Waals surface area contributed by atoms with Gasteiger partial charge in [-0.15, -0.1) is 0 Å². The predicted molar refractivity (Wildman–Crippen MR) is 75.8 cm³/mol. The molecule has 0 radical (unpaired) electrons. The molecule has 1 N–H and O–H groups in total. The van der Waals surface area contributed by atoms with E-state index in [-0.39, 0.29) is 0 Å². The summed E-state index contributed by atoms with van der Waals surface area (Å²) >= 11 is 0. The largest absolute Gasteiger partial charge is 0.353 e. The van der Waals surface area contributed by atoms with Gasteiger partial charge in [0.2, 0.25) is 0 Å². The van der Waals surface area contributed by atoms with Crippen molar-refractivity contribution in [3.63, 3.8) is 0 Å². The lowest BCUT2D eigenvalue weighted by molar-refractivity contribution is 0.150. The fraction of sp³-hybridized carbons (Fsp3) is 0.714. The van der Waals surface area contributed by atoms with Gasteiger partial charge in [-0.3, -0.25) is 4.90 Å². The smallest absolute Gasteiger partial charge is 0.0347 e. The first-order valence-corrected chi connectivity index (χ1v) is 6.93. The van der Waals surface area contributed by atoms with Crippen LogP contribution in [0.2, 0.25) is 0 Å². The van der Waals surface area contributed by atoms with Gasteiger partial charge in [-0.05, 0) is 32.6 Å². The molecule has 0 amide bonds. The minimum Gasteiger partial charge on any atom is -0.353 e. The highest BCUT2D eigenvalue weighted by molar-refractivity contribution is 5.14. The van der Waals surface area contributed by atoms with Crippen LogP contribution in [0.15, 0.2) is 18.5 Å². The topological polar surface area (TPSA) is 23.4 Å². The molecule has 1 aromatic rings. The molecule has 0 bridgehead atoms. The van der Waals surface area contributed by atoms with Crippen molar-refractivity contribution in [2.45, 2.75) is 19.5 Å². The van der Waals surface area contributed by atoms with E-state index >= 15 is 0 Å². The predicted octanol–water partition coefficient (Wildman–Crippen LogP) is 1.02. The summed E-state index contributed by atoms with van der Waals surface area (Å²) in [6, 6.07) is 2.65. The molecule has 4 nitrogen and oxygen atoms in total. The van der Waals surface area contributed by atoms with Gasteiger partial charge in [0, 0.05) is 57.7 Å². The van der Waals surface area contributed by atoms with E-state index in [9.17, 15) is 0 Å². The molecule has 102 valence electrons. The Hall–Kier alpha value is -0.840. The molecular formula is C14H26N4. The molecule has 0 spiro atoms. The van der Waals surface area contributed by atoms with E-state index in [2.05, 4.69) is 52.1 Å². The molecule has 0 aliphatic carbocycles. The van der Waals surface area contributed by atoms with Crippen LogP contribution in [0, 0.1) is 0 Å². The lowest BCUT2D eigenvalue weighted by Crippen LogP contribution is -2.45. The summed E-state index contributed by atoms with van der Waals surface area (Å²) in [6.07, 6.45) is 4.45. The summed E-state index contributed by atoms with van der Waals surface area (Å²) in [6.45, 7) is 9.27. The molecule has 1 aromatic heterocycles. The number of rotatable bonds is 5. The van der Waals surface area contributed by atoms with Crippen molar-refractivity contribution in [2.75, 3.05) is 46.8 Å². The summed E-state index contributed by atoms with van der Waals surface area (Å²) in [7, 11) is 4.21. The van der Waals surface area contributed by atoms with E-state index in [0.717, 1.165) is 13.1 Å².